The maximum Gasteiger partial charge on any atom is 0.116 e. The van der Waals surface area contributed by atoms with Gasteiger partial charge in [-0.15, -0.1) is 0 Å². The molecule has 2 heterocycles. The summed E-state index contributed by atoms with van der Waals surface area (Å²) in [5.41, 5.74) is 4.92. The van der Waals surface area contributed by atoms with Crippen LogP contribution in [0, 0.1) is 0 Å². The SMILES string of the molecule is CCC1OCCc2c(-c3ccncn3)cccc21. The molecule has 0 saturated carbocycles. The van der Waals surface area contributed by atoms with E-state index in [9.17, 15) is 0 Å². The van der Waals surface area contributed by atoms with Crippen LogP contribution in [-0.2, 0) is 11.2 Å². The monoisotopic (exact) mass is 240 g/mol. The molecule has 1 aromatic heterocycles. The van der Waals surface area contributed by atoms with Gasteiger partial charge in [0.15, 0.2) is 0 Å². The Labute approximate surface area is 107 Å². The lowest BCUT2D eigenvalue weighted by Gasteiger charge is -2.27. The third-order valence-electron chi connectivity index (χ3n) is 3.46. The Morgan fingerprint density at radius 2 is 2.28 bits per heavy atom. The zero-order valence-corrected chi connectivity index (χ0v) is 10.5. The summed E-state index contributed by atoms with van der Waals surface area (Å²) in [5, 5.41) is 0. The molecule has 0 spiro atoms. The molecule has 1 aliphatic rings. The first-order chi connectivity index (χ1) is 8.90. The van der Waals surface area contributed by atoms with E-state index in [1.807, 2.05) is 6.07 Å². The van der Waals surface area contributed by atoms with Gasteiger partial charge in [-0.3, -0.25) is 0 Å². The molecule has 1 atom stereocenters. The molecule has 0 aliphatic carbocycles. The first-order valence-corrected chi connectivity index (χ1v) is 6.40. The van der Waals surface area contributed by atoms with Crippen LogP contribution in [0.15, 0.2) is 36.8 Å². The number of aromatic nitrogens is 2. The first-order valence-electron chi connectivity index (χ1n) is 6.40. The van der Waals surface area contributed by atoms with E-state index < -0.39 is 0 Å². The summed E-state index contributed by atoms with van der Waals surface area (Å²) in [6.07, 6.45) is 5.60. The van der Waals surface area contributed by atoms with Gasteiger partial charge in [0.05, 0.1) is 18.4 Å². The molecule has 0 bridgehead atoms. The Morgan fingerprint density at radius 1 is 1.33 bits per heavy atom. The summed E-state index contributed by atoms with van der Waals surface area (Å²) < 4.78 is 5.81. The van der Waals surface area contributed by atoms with Crippen LogP contribution >= 0.6 is 0 Å². The fourth-order valence-corrected chi connectivity index (χ4v) is 2.61. The molecule has 0 amide bonds. The lowest BCUT2D eigenvalue weighted by atomic mass is 9.90. The second-order valence-corrected chi connectivity index (χ2v) is 4.49. The molecule has 3 rings (SSSR count). The van der Waals surface area contributed by atoms with Crippen molar-refractivity contribution >= 4 is 0 Å². The minimum atomic E-state index is 0.232. The van der Waals surface area contributed by atoms with Crippen LogP contribution in [0.4, 0.5) is 0 Å². The van der Waals surface area contributed by atoms with E-state index >= 15 is 0 Å². The zero-order chi connectivity index (χ0) is 12.4. The van der Waals surface area contributed by atoms with Crippen molar-refractivity contribution < 1.29 is 4.74 Å². The Morgan fingerprint density at radius 3 is 3.06 bits per heavy atom. The van der Waals surface area contributed by atoms with E-state index in [0.29, 0.717) is 0 Å². The van der Waals surface area contributed by atoms with Gasteiger partial charge >= 0.3 is 0 Å². The van der Waals surface area contributed by atoms with Gasteiger partial charge in [0.1, 0.15) is 6.33 Å². The summed E-state index contributed by atoms with van der Waals surface area (Å²) in [6.45, 7) is 2.96. The van der Waals surface area contributed by atoms with E-state index in [1.54, 1.807) is 12.5 Å². The van der Waals surface area contributed by atoms with Crippen LogP contribution in [0.2, 0.25) is 0 Å². The van der Waals surface area contributed by atoms with Crippen molar-refractivity contribution in [1.82, 2.24) is 9.97 Å². The van der Waals surface area contributed by atoms with Crippen LogP contribution in [0.25, 0.3) is 11.3 Å². The Hall–Kier alpha value is -1.74. The van der Waals surface area contributed by atoms with E-state index in [2.05, 4.69) is 35.1 Å². The summed E-state index contributed by atoms with van der Waals surface area (Å²) >= 11 is 0. The quantitative estimate of drug-likeness (QED) is 0.808. The number of nitrogens with zero attached hydrogens (tertiary/aromatic N) is 2. The summed E-state index contributed by atoms with van der Waals surface area (Å²) in [5.74, 6) is 0. The molecule has 2 aromatic rings. The summed E-state index contributed by atoms with van der Waals surface area (Å²) in [6, 6.07) is 8.37. The Bertz CT molecular complexity index is 539. The summed E-state index contributed by atoms with van der Waals surface area (Å²) in [4.78, 5) is 8.33. The molecule has 1 aliphatic heterocycles. The van der Waals surface area contributed by atoms with Gasteiger partial charge in [-0.25, -0.2) is 9.97 Å². The van der Waals surface area contributed by atoms with Crippen molar-refractivity contribution in [3.63, 3.8) is 0 Å². The van der Waals surface area contributed by atoms with Gasteiger partial charge < -0.3 is 4.74 Å². The molecular weight excluding hydrogens is 224 g/mol. The minimum Gasteiger partial charge on any atom is -0.373 e. The molecule has 18 heavy (non-hydrogen) atoms. The molecule has 92 valence electrons. The van der Waals surface area contributed by atoms with Crippen molar-refractivity contribution in [2.45, 2.75) is 25.9 Å². The molecule has 0 radical (unpaired) electrons. The van der Waals surface area contributed by atoms with Gasteiger partial charge in [-0.05, 0) is 30.0 Å². The zero-order valence-electron chi connectivity index (χ0n) is 10.5. The third-order valence-corrected chi connectivity index (χ3v) is 3.46. The topological polar surface area (TPSA) is 35.0 Å². The fraction of sp³-hybridized carbons (Fsp3) is 0.333. The average Bonchev–Trinajstić information content (AvgIpc) is 2.47. The largest absolute Gasteiger partial charge is 0.373 e. The van der Waals surface area contributed by atoms with E-state index in [-0.39, 0.29) is 6.10 Å². The van der Waals surface area contributed by atoms with Crippen molar-refractivity contribution in [3.05, 3.63) is 47.9 Å². The smallest absolute Gasteiger partial charge is 0.116 e. The highest BCUT2D eigenvalue weighted by atomic mass is 16.5. The normalized spacial score (nSPS) is 18.4. The summed E-state index contributed by atoms with van der Waals surface area (Å²) in [7, 11) is 0. The number of ether oxygens (including phenoxy) is 1. The highest BCUT2D eigenvalue weighted by molar-refractivity contribution is 5.65. The molecule has 0 fully saturated rings. The van der Waals surface area contributed by atoms with Crippen LogP contribution < -0.4 is 0 Å². The number of hydrogen-bond acceptors (Lipinski definition) is 3. The number of rotatable bonds is 2. The predicted octanol–water partition coefficient (Wildman–Crippen LogP) is 3.17. The van der Waals surface area contributed by atoms with Crippen molar-refractivity contribution in [1.29, 1.82) is 0 Å². The predicted molar refractivity (Wildman–Crippen MR) is 70.2 cm³/mol. The minimum absolute atomic E-state index is 0.232. The molecule has 0 saturated heterocycles. The molecule has 0 N–H and O–H groups in total. The third kappa shape index (κ3) is 1.91. The van der Waals surface area contributed by atoms with Gasteiger partial charge in [0.25, 0.3) is 0 Å². The standard InChI is InChI=1S/C15H16N2O/c1-2-15-13-5-3-4-12(11(13)7-9-18-15)14-6-8-16-10-17-14/h3-6,8,10,15H,2,7,9H2,1H3. The van der Waals surface area contributed by atoms with Crippen LogP contribution in [0.5, 0.6) is 0 Å². The van der Waals surface area contributed by atoms with Crippen LogP contribution in [0.3, 0.4) is 0 Å². The fourth-order valence-electron chi connectivity index (χ4n) is 2.61. The molecule has 3 heteroatoms. The van der Waals surface area contributed by atoms with E-state index in [1.165, 1.54) is 16.7 Å². The molecule has 1 aromatic carbocycles. The van der Waals surface area contributed by atoms with Gasteiger partial charge in [0, 0.05) is 11.8 Å². The van der Waals surface area contributed by atoms with Gasteiger partial charge in [0.2, 0.25) is 0 Å². The number of hydrogen-bond donors (Lipinski definition) is 0. The lowest BCUT2D eigenvalue weighted by molar-refractivity contribution is 0.0401. The molecule has 1 unspecified atom stereocenters. The van der Waals surface area contributed by atoms with E-state index in [0.717, 1.165) is 25.1 Å². The highest BCUT2D eigenvalue weighted by Gasteiger charge is 2.21. The van der Waals surface area contributed by atoms with Gasteiger partial charge in [-0.1, -0.05) is 25.1 Å². The molecular formula is C15H16N2O. The van der Waals surface area contributed by atoms with Crippen LogP contribution in [-0.4, -0.2) is 16.6 Å². The van der Waals surface area contributed by atoms with E-state index in [4.69, 9.17) is 4.74 Å². The van der Waals surface area contributed by atoms with Crippen molar-refractivity contribution in [2.24, 2.45) is 0 Å². The van der Waals surface area contributed by atoms with Crippen LogP contribution in [0.1, 0.15) is 30.6 Å². The lowest BCUT2D eigenvalue weighted by Crippen LogP contribution is -2.16. The second-order valence-electron chi connectivity index (χ2n) is 4.49. The average molecular weight is 240 g/mol. The Kier molecular flexibility index (Phi) is 3.07. The second kappa shape index (κ2) is 4.86. The number of benzene rings is 1. The first kappa shape index (κ1) is 11.4. The number of fused-ring (bicyclic) bond motifs is 1. The maximum atomic E-state index is 5.81. The van der Waals surface area contributed by atoms with Crippen molar-refractivity contribution in [2.75, 3.05) is 6.61 Å². The molecule has 3 nitrogen and oxygen atoms in total. The van der Waals surface area contributed by atoms with Crippen molar-refractivity contribution in [3.8, 4) is 11.3 Å². The Balaban J connectivity index is 2.12. The van der Waals surface area contributed by atoms with Gasteiger partial charge in [-0.2, -0.15) is 0 Å². The highest BCUT2D eigenvalue weighted by Crippen LogP contribution is 2.34. The maximum absolute atomic E-state index is 5.81.